The summed E-state index contributed by atoms with van der Waals surface area (Å²) < 4.78 is 81.6. The molecular weight excluding hydrogens is 592 g/mol. The molecule has 0 aliphatic carbocycles. The van der Waals surface area contributed by atoms with E-state index in [4.69, 9.17) is 0 Å². The molecule has 0 saturated carbocycles. The van der Waals surface area contributed by atoms with E-state index in [1.54, 1.807) is 0 Å². The third-order valence-electron chi connectivity index (χ3n) is 9.93. The van der Waals surface area contributed by atoms with Crippen molar-refractivity contribution in [3.63, 3.8) is 0 Å². The first-order valence-corrected chi connectivity index (χ1v) is 15.6. The number of likely N-dealkylation sites (tertiary alicyclic amines) is 3. The number of nitrogens with zero attached hydrogens (tertiary/aromatic N) is 3. The van der Waals surface area contributed by atoms with Gasteiger partial charge in [-0.3, -0.25) is 14.6 Å². The van der Waals surface area contributed by atoms with Gasteiger partial charge in [-0.15, -0.1) is 0 Å². The first-order valence-electron chi connectivity index (χ1n) is 15.6. The Morgan fingerprint density at radius 2 is 1.40 bits per heavy atom. The first kappa shape index (κ1) is 31.6. The smallest absolute Gasteiger partial charge is 0.335 e. The Labute approximate surface area is 259 Å². The molecule has 6 rings (SSSR count). The molecule has 0 aromatic heterocycles. The third-order valence-corrected chi connectivity index (χ3v) is 9.93. The predicted octanol–water partition coefficient (Wildman–Crippen LogP) is 7.68. The zero-order chi connectivity index (χ0) is 31.8. The van der Waals surface area contributed by atoms with Crippen molar-refractivity contribution in [2.75, 3.05) is 26.2 Å². The van der Waals surface area contributed by atoms with Crippen LogP contribution >= 0.6 is 0 Å². The van der Waals surface area contributed by atoms with Gasteiger partial charge in [0.15, 0.2) is 0 Å². The molecule has 3 heterocycles. The molecule has 10 heteroatoms. The molecule has 240 valence electrons. The zero-order valence-electron chi connectivity index (χ0n) is 25.0. The fourth-order valence-electron chi connectivity index (χ4n) is 7.66. The molecule has 3 aliphatic heterocycles. The molecule has 45 heavy (non-hydrogen) atoms. The van der Waals surface area contributed by atoms with Gasteiger partial charge in [-0.1, -0.05) is 60.7 Å². The molecule has 3 aliphatic rings. The first-order chi connectivity index (χ1) is 21.4. The van der Waals surface area contributed by atoms with Crippen molar-refractivity contribution >= 4 is 5.91 Å². The SMILES string of the molecule is O=C(c1cc(C(F)(F)F)cc(C(F)(F)F)c1)N1CCC(N2CCC3(CCCN3Cc3ccccc3)C2)CC1Cc1ccccc1. The lowest BCUT2D eigenvalue weighted by atomic mass is 9.90. The number of halogens is 6. The Morgan fingerprint density at radius 1 is 0.778 bits per heavy atom. The molecule has 3 saturated heterocycles. The predicted molar refractivity (Wildman–Crippen MR) is 159 cm³/mol. The van der Waals surface area contributed by atoms with E-state index in [0.717, 1.165) is 51.0 Å². The summed E-state index contributed by atoms with van der Waals surface area (Å²) in [4.78, 5) is 20.4. The van der Waals surface area contributed by atoms with Crippen LogP contribution in [0.3, 0.4) is 0 Å². The summed E-state index contributed by atoms with van der Waals surface area (Å²) in [7, 11) is 0. The van der Waals surface area contributed by atoms with E-state index in [0.29, 0.717) is 31.4 Å². The average molecular weight is 630 g/mol. The Kier molecular flexibility index (Phi) is 8.73. The fraction of sp³-hybridized carbons (Fsp3) is 0.457. The van der Waals surface area contributed by atoms with E-state index in [1.807, 2.05) is 36.4 Å². The molecule has 1 spiro atoms. The van der Waals surface area contributed by atoms with E-state index < -0.39 is 35.0 Å². The van der Waals surface area contributed by atoms with Crippen molar-refractivity contribution in [2.24, 2.45) is 0 Å². The van der Waals surface area contributed by atoms with Crippen LogP contribution in [0.4, 0.5) is 26.3 Å². The lowest BCUT2D eigenvalue weighted by Crippen LogP contribution is -2.53. The maximum Gasteiger partial charge on any atom is 0.416 e. The van der Waals surface area contributed by atoms with Gasteiger partial charge in [0.1, 0.15) is 0 Å². The van der Waals surface area contributed by atoms with Crippen LogP contribution < -0.4 is 0 Å². The molecule has 1 amide bonds. The summed E-state index contributed by atoms with van der Waals surface area (Å²) in [5.74, 6) is -0.797. The van der Waals surface area contributed by atoms with Gasteiger partial charge in [0.25, 0.3) is 5.91 Å². The third kappa shape index (κ3) is 6.92. The van der Waals surface area contributed by atoms with Crippen LogP contribution in [0, 0.1) is 0 Å². The Hall–Kier alpha value is -3.37. The van der Waals surface area contributed by atoms with Crippen molar-refractivity contribution < 1.29 is 31.1 Å². The van der Waals surface area contributed by atoms with E-state index in [1.165, 1.54) is 10.5 Å². The monoisotopic (exact) mass is 629 g/mol. The number of carbonyl (C=O) groups excluding carboxylic acids is 1. The highest BCUT2D eigenvalue weighted by atomic mass is 19.4. The van der Waals surface area contributed by atoms with Crippen LogP contribution in [-0.2, 0) is 25.3 Å². The molecule has 0 bridgehead atoms. The standard InChI is InChI=1S/C35H37F6N3O/c36-34(37,38)28-19-27(20-29(21-28)35(39,40)41)32(45)44-16-12-30(22-31(44)18-25-8-3-1-4-9-25)42-17-14-33(24-42)13-7-15-43(33)23-26-10-5-2-6-11-26/h1-6,8-11,19-21,30-31H,7,12-18,22-24H2. The van der Waals surface area contributed by atoms with Gasteiger partial charge in [-0.25, -0.2) is 0 Å². The van der Waals surface area contributed by atoms with E-state index in [-0.39, 0.29) is 30.2 Å². The summed E-state index contributed by atoms with van der Waals surface area (Å²) >= 11 is 0. The van der Waals surface area contributed by atoms with Crippen molar-refractivity contribution in [1.29, 1.82) is 0 Å². The lowest BCUT2D eigenvalue weighted by molar-refractivity contribution is -0.143. The summed E-state index contributed by atoms with van der Waals surface area (Å²) in [5, 5.41) is 0. The molecule has 3 unspecified atom stereocenters. The minimum absolute atomic E-state index is 0.0672. The van der Waals surface area contributed by atoms with Crippen molar-refractivity contribution in [1.82, 2.24) is 14.7 Å². The van der Waals surface area contributed by atoms with Gasteiger partial charge in [-0.2, -0.15) is 26.3 Å². The molecule has 4 nitrogen and oxygen atoms in total. The number of hydrogen-bond acceptors (Lipinski definition) is 3. The van der Waals surface area contributed by atoms with Gasteiger partial charge in [-0.05, 0) is 74.4 Å². The van der Waals surface area contributed by atoms with Crippen LogP contribution in [-0.4, -0.2) is 64.4 Å². The highest BCUT2D eigenvalue weighted by Crippen LogP contribution is 2.41. The summed E-state index contributed by atoms with van der Waals surface area (Å²) in [6, 6.07) is 20.9. The van der Waals surface area contributed by atoms with Crippen LogP contribution in [0.15, 0.2) is 78.9 Å². The molecule has 3 fully saturated rings. The van der Waals surface area contributed by atoms with Crippen molar-refractivity contribution in [2.45, 2.75) is 75.0 Å². The second kappa shape index (κ2) is 12.4. The minimum atomic E-state index is -5.02. The summed E-state index contributed by atoms with van der Waals surface area (Å²) in [5.41, 5.74) is -1.21. The van der Waals surface area contributed by atoms with Gasteiger partial charge in [0, 0.05) is 49.4 Å². The number of amides is 1. The molecule has 3 aromatic rings. The second-order valence-electron chi connectivity index (χ2n) is 12.8. The van der Waals surface area contributed by atoms with Crippen LogP contribution in [0.2, 0.25) is 0 Å². The van der Waals surface area contributed by atoms with Crippen molar-refractivity contribution in [3.8, 4) is 0 Å². The molecular formula is C35H37F6N3O. The van der Waals surface area contributed by atoms with E-state index in [2.05, 4.69) is 34.1 Å². The Bertz CT molecular complexity index is 1450. The topological polar surface area (TPSA) is 26.8 Å². The number of alkyl halides is 6. The van der Waals surface area contributed by atoms with E-state index in [9.17, 15) is 31.1 Å². The minimum Gasteiger partial charge on any atom is -0.335 e. The molecule has 3 atom stereocenters. The summed E-state index contributed by atoms with van der Waals surface area (Å²) in [6.07, 6.45) is -5.06. The van der Waals surface area contributed by atoms with Crippen LogP contribution in [0.5, 0.6) is 0 Å². The fourth-order valence-corrected chi connectivity index (χ4v) is 7.66. The normalized spacial score (nSPS) is 24.9. The summed E-state index contributed by atoms with van der Waals surface area (Å²) in [6.45, 7) is 4.04. The number of carbonyl (C=O) groups is 1. The lowest BCUT2D eigenvalue weighted by Gasteiger charge is -2.44. The molecule has 0 radical (unpaired) electrons. The van der Waals surface area contributed by atoms with E-state index >= 15 is 0 Å². The van der Waals surface area contributed by atoms with Gasteiger partial charge in [0.2, 0.25) is 0 Å². The number of rotatable bonds is 6. The maximum atomic E-state index is 13.8. The average Bonchev–Trinajstić information content (AvgIpc) is 3.63. The quantitative estimate of drug-likeness (QED) is 0.262. The largest absolute Gasteiger partial charge is 0.416 e. The number of hydrogen-bond donors (Lipinski definition) is 0. The molecule has 0 N–H and O–H groups in total. The second-order valence-corrected chi connectivity index (χ2v) is 12.8. The maximum absolute atomic E-state index is 13.8. The number of piperidine rings is 1. The van der Waals surface area contributed by atoms with Crippen LogP contribution in [0.25, 0.3) is 0 Å². The Balaban J connectivity index is 1.23. The Morgan fingerprint density at radius 3 is 2.02 bits per heavy atom. The molecule has 3 aromatic carbocycles. The van der Waals surface area contributed by atoms with Gasteiger partial charge < -0.3 is 4.90 Å². The van der Waals surface area contributed by atoms with Gasteiger partial charge in [0.05, 0.1) is 11.1 Å². The number of benzene rings is 3. The van der Waals surface area contributed by atoms with Crippen molar-refractivity contribution in [3.05, 3.63) is 107 Å². The highest BCUT2D eigenvalue weighted by Gasteiger charge is 2.48. The van der Waals surface area contributed by atoms with Crippen LogP contribution in [0.1, 0.15) is 64.7 Å². The van der Waals surface area contributed by atoms with Gasteiger partial charge >= 0.3 is 12.4 Å². The highest BCUT2D eigenvalue weighted by molar-refractivity contribution is 5.95. The zero-order valence-corrected chi connectivity index (χ0v) is 25.0.